The smallest absolute Gasteiger partial charge is 0.244 e. The molecule has 1 N–H and O–H groups in total. The molecule has 2 aromatic carbocycles. The van der Waals surface area contributed by atoms with Crippen molar-refractivity contribution in [3.8, 4) is 17.1 Å². The van der Waals surface area contributed by atoms with E-state index in [-0.39, 0.29) is 6.04 Å². The van der Waals surface area contributed by atoms with Gasteiger partial charge in [0, 0.05) is 25.1 Å². The molecule has 0 saturated carbocycles. The topological polar surface area (TPSA) is 80.1 Å². The van der Waals surface area contributed by atoms with Crippen LogP contribution < -0.4 is 4.74 Å². The number of aromatic nitrogens is 4. The molecule has 0 fully saturated rings. The molecular weight excluding hydrogens is 366 g/mol. The van der Waals surface area contributed by atoms with Crippen LogP contribution in [0.2, 0.25) is 0 Å². The Balaban J connectivity index is 1.44. The van der Waals surface area contributed by atoms with Crippen molar-refractivity contribution in [3.05, 3.63) is 83.8 Å². The van der Waals surface area contributed by atoms with Gasteiger partial charge in [-0.1, -0.05) is 47.6 Å². The number of rotatable bonds is 5. The first-order valence-electron chi connectivity index (χ1n) is 9.57. The molecule has 0 aliphatic carbocycles. The average Bonchev–Trinajstić information content (AvgIpc) is 3.44. The average molecular weight is 387 g/mol. The molecule has 2 aromatic heterocycles. The molecule has 1 atom stereocenters. The van der Waals surface area contributed by atoms with Crippen LogP contribution in [0.5, 0.6) is 5.75 Å². The Labute approximate surface area is 168 Å². The van der Waals surface area contributed by atoms with E-state index in [0.29, 0.717) is 11.7 Å². The molecular formula is C22H21N5O2. The van der Waals surface area contributed by atoms with Crippen molar-refractivity contribution in [2.24, 2.45) is 0 Å². The van der Waals surface area contributed by atoms with Gasteiger partial charge in [0.15, 0.2) is 0 Å². The normalized spacial score (nSPS) is 16.5. The summed E-state index contributed by atoms with van der Waals surface area (Å²) in [6, 6.07) is 18.0. The highest BCUT2D eigenvalue weighted by atomic mass is 16.5. The summed E-state index contributed by atoms with van der Waals surface area (Å²) in [5.74, 6) is 2.08. The molecule has 5 rings (SSSR count). The fraction of sp³-hybridized carbons (Fsp3) is 0.227. The summed E-state index contributed by atoms with van der Waals surface area (Å²) in [7, 11) is 1.68. The third-order valence-corrected chi connectivity index (χ3v) is 5.30. The quantitative estimate of drug-likeness (QED) is 0.562. The Hall–Kier alpha value is -3.45. The second-order valence-electron chi connectivity index (χ2n) is 7.12. The van der Waals surface area contributed by atoms with Gasteiger partial charge in [-0.15, -0.1) is 0 Å². The predicted octanol–water partition coefficient (Wildman–Crippen LogP) is 3.77. The number of benzene rings is 2. The Morgan fingerprint density at radius 2 is 1.97 bits per heavy atom. The molecule has 7 heteroatoms. The molecule has 0 spiro atoms. The van der Waals surface area contributed by atoms with E-state index >= 15 is 0 Å². The summed E-state index contributed by atoms with van der Waals surface area (Å²) >= 11 is 0. The summed E-state index contributed by atoms with van der Waals surface area (Å²) in [6.07, 6.45) is 2.48. The molecule has 4 aromatic rings. The van der Waals surface area contributed by atoms with Crippen LogP contribution in [0.15, 0.2) is 65.4 Å². The van der Waals surface area contributed by atoms with Crippen LogP contribution in [-0.4, -0.2) is 32.1 Å². The second kappa shape index (κ2) is 7.52. The molecule has 0 radical (unpaired) electrons. The third kappa shape index (κ3) is 3.52. The van der Waals surface area contributed by atoms with E-state index in [1.807, 2.05) is 42.5 Å². The molecule has 1 unspecified atom stereocenters. The Morgan fingerprint density at radius 3 is 2.76 bits per heavy atom. The Morgan fingerprint density at radius 1 is 1.14 bits per heavy atom. The van der Waals surface area contributed by atoms with Gasteiger partial charge in [0.2, 0.25) is 11.7 Å². The molecule has 7 nitrogen and oxygen atoms in total. The zero-order valence-corrected chi connectivity index (χ0v) is 16.1. The lowest BCUT2D eigenvalue weighted by Gasteiger charge is -2.32. The number of nitrogens with one attached hydrogen (secondary N) is 1. The molecule has 3 heterocycles. The van der Waals surface area contributed by atoms with Gasteiger partial charge in [-0.25, -0.2) is 4.98 Å². The largest absolute Gasteiger partial charge is 0.497 e. The number of H-pyrrole nitrogens is 1. The summed E-state index contributed by atoms with van der Waals surface area (Å²) in [6.45, 7) is 1.51. The van der Waals surface area contributed by atoms with Crippen molar-refractivity contribution in [3.63, 3.8) is 0 Å². The van der Waals surface area contributed by atoms with Crippen molar-refractivity contribution in [1.29, 1.82) is 0 Å². The number of fused-ring (bicyclic) bond motifs is 1. The van der Waals surface area contributed by atoms with Crippen LogP contribution in [0.4, 0.5) is 0 Å². The minimum absolute atomic E-state index is 0.0298. The number of hydrogen-bond acceptors (Lipinski definition) is 6. The molecule has 0 saturated heterocycles. The summed E-state index contributed by atoms with van der Waals surface area (Å²) in [5, 5.41) is 4.21. The van der Waals surface area contributed by atoms with E-state index < -0.39 is 0 Å². The number of nitrogens with zero attached hydrogens (tertiary/aromatic N) is 4. The third-order valence-electron chi connectivity index (χ3n) is 5.30. The molecule has 0 amide bonds. The molecule has 29 heavy (non-hydrogen) atoms. The van der Waals surface area contributed by atoms with Crippen LogP contribution in [0, 0.1) is 0 Å². The number of imidazole rings is 1. The number of aromatic amines is 1. The van der Waals surface area contributed by atoms with E-state index in [2.05, 4.69) is 32.2 Å². The van der Waals surface area contributed by atoms with E-state index in [4.69, 9.17) is 14.2 Å². The fourth-order valence-electron chi connectivity index (χ4n) is 3.74. The zero-order chi connectivity index (χ0) is 19.6. The van der Waals surface area contributed by atoms with Gasteiger partial charge in [0.05, 0.1) is 30.9 Å². The lowest BCUT2D eigenvalue weighted by Crippen LogP contribution is -2.34. The minimum Gasteiger partial charge on any atom is -0.497 e. The highest BCUT2D eigenvalue weighted by Gasteiger charge is 2.33. The van der Waals surface area contributed by atoms with Gasteiger partial charge in [0.1, 0.15) is 5.75 Å². The standard InChI is InChI=1S/C22H21N5O2/c1-28-17-9-7-15(8-10-17)12-27-13-19-18(23-14-24-19)11-20(27)22-25-21(26-29-22)16-5-3-2-4-6-16/h2-10,14,20H,11-13H2,1H3,(H,23,24). The van der Waals surface area contributed by atoms with Crippen molar-refractivity contribution in [1.82, 2.24) is 25.0 Å². The first kappa shape index (κ1) is 17.6. The second-order valence-corrected chi connectivity index (χ2v) is 7.12. The number of ether oxygens (including phenoxy) is 1. The molecule has 1 aliphatic rings. The summed E-state index contributed by atoms with van der Waals surface area (Å²) in [4.78, 5) is 14.8. The van der Waals surface area contributed by atoms with Crippen LogP contribution in [0.3, 0.4) is 0 Å². The maximum atomic E-state index is 5.69. The van der Waals surface area contributed by atoms with Crippen molar-refractivity contribution in [2.45, 2.75) is 25.6 Å². The number of hydrogen-bond donors (Lipinski definition) is 1. The molecule has 1 aliphatic heterocycles. The molecule has 146 valence electrons. The maximum absolute atomic E-state index is 5.69. The summed E-state index contributed by atoms with van der Waals surface area (Å²) < 4.78 is 11.0. The monoisotopic (exact) mass is 387 g/mol. The van der Waals surface area contributed by atoms with Gasteiger partial charge in [-0.2, -0.15) is 4.98 Å². The van der Waals surface area contributed by atoms with Crippen LogP contribution in [0.1, 0.15) is 28.9 Å². The van der Waals surface area contributed by atoms with Crippen molar-refractivity contribution >= 4 is 0 Å². The highest BCUT2D eigenvalue weighted by molar-refractivity contribution is 5.53. The van der Waals surface area contributed by atoms with E-state index in [9.17, 15) is 0 Å². The first-order valence-corrected chi connectivity index (χ1v) is 9.57. The first-order chi connectivity index (χ1) is 14.3. The lowest BCUT2D eigenvalue weighted by molar-refractivity contribution is 0.128. The predicted molar refractivity (Wildman–Crippen MR) is 107 cm³/mol. The van der Waals surface area contributed by atoms with Crippen LogP contribution >= 0.6 is 0 Å². The van der Waals surface area contributed by atoms with Gasteiger partial charge >= 0.3 is 0 Å². The molecule has 0 bridgehead atoms. The van der Waals surface area contributed by atoms with Crippen molar-refractivity contribution in [2.75, 3.05) is 7.11 Å². The summed E-state index contributed by atoms with van der Waals surface area (Å²) in [5.41, 5.74) is 4.33. The van der Waals surface area contributed by atoms with E-state index in [0.717, 1.165) is 42.2 Å². The SMILES string of the molecule is COc1ccc(CN2Cc3[nH]cnc3CC2c2nc(-c3ccccc3)no2)cc1. The van der Waals surface area contributed by atoms with Crippen LogP contribution in [-0.2, 0) is 19.5 Å². The van der Waals surface area contributed by atoms with Crippen LogP contribution in [0.25, 0.3) is 11.4 Å². The fourth-order valence-corrected chi connectivity index (χ4v) is 3.74. The van der Waals surface area contributed by atoms with Gasteiger partial charge in [-0.3, -0.25) is 4.90 Å². The zero-order valence-electron chi connectivity index (χ0n) is 16.1. The maximum Gasteiger partial charge on any atom is 0.244 e. The lowest BCUT2D eigenvalue weighted by atomic mass is 10.0. The number of methoxy groups -OCH3 is 1. The van der Waals surface area contributed by atoms with E-state index in [1.165, 1.54) is 5.56 Å². The highest BCUT2D eigenvalue weighted by Crippen LogP contribution is 2.33. The van der Waals surface area contributed by atoms with Gasteiger partial charge in [0.25, 0.3) is 0 Å². The Bertz CT molecular complexity index is 1090. The van der Waals surface area contributed by atoms with Gasteiger partial charge < -0.3 is 14.2 Å². The minimum atomic E-state index is -0.0298. The van der Waals surface area contributed by atoms with E-state index in [1.54, 1.807) is 13.4 Å². The Kier molecular flexibility index (Phi) is 4.57. The van der Waals surface area contributed by atoms with Crippen molar-refractivity contribution < 1.29 is 9.26 Å². The van der Waals surface area contributed by atoms with Gasteiger partial charge in [-0.05, 0) is 17.7 Å².